The van der Waals surface area contributed by atoms with Crippen molar-refractivity contribution in [1.82, 2.24) is 0 Å². The summed E-state index contributed by atoms with van der Waals surface area (Å²) in [4.78, 5) is 20.3. The molecule has 0 saturated carbocycles. The van der Waals surface area contributed by atoms with Crippen LogP contribution in [0.4, 0.5) is 0 Å². The van der Waals surface area contributed by atoms with Gasteiger partial charge in [-0.3, -0.25) is 9.59 Å². The molecule has 0 unspecified atom stereocenters. The van der Waals surface area contributed by atoms with Crippen LogP contribution in [-0.2, 0) is 9.59 Å². The van der Waals surface area contributed by atoms with E-state index in [1.807, 2.05) is 0 Å². The fourth-order valence-electron chi connectivity index (χ4n) is 2.37. The normalized spacial score (nSPS) is 10.2. The lowest BCUT2D eigenvalue weighted by Crippen LogP contribution is -1.94. The summed E-state index contributed by atoms with van der Waals surface area (Å²) in [7, 11) is 0. The third-order valence-electron chi connectivity index (χ3n) is 3.85. The Kier molecular flexibility index (Phi) is 23.9. The highest BCUT2D eigenvalue weighted by atomic mass is 16.4. The number of unbranched alkanes of at least 4 members (excludes halogenated alkanes) is 11. The smallest absolute Gasteiger partial charge is 0.303 e. The summed E-state index contributed by atoms with van der Waals surface area (Å²) in [6.07, 6.45) is 13.7. The lowest BCUT2D eigenvalue weighted by molar-refractivity contribution is -0.138. The molecule has 0 bridgehead atoms. The second kappa shape index (κ2) is 22.9. The Balaban J connectivity index is 0. The van der Waals surface area contributed by atoms with E-state index in [0.717, 1.165) is 64.2 Å². The summed E-state index contributed by atoms with van der Waals surface area (Å²) in [5.74, 6) is -1.48. The molecule has 0 radical (unpaired) electrons. The van der Waals surface area contributed by atoms with Crippen LogP contribution in [0.2, 0.25) is 0 Å². The molecule has 150 valence electrons. The van der Waals surface area contributed by atoms with Gasteiger partial charge < -0.3 is 20.4 Å². The summed E-state index contributed by atoms with van der Waals surface area (Å²) < 4.78 is 0. The van der Waals surface area contributed by atoms with Gasteiger partial charge in [-0.25, -0.2) is 0 Å². The van der Waals surface area contributed by atoms with E-state index in [9.17, 15) is 9.59 Å². The van der Waals surface area contributed by atoms with Crippen molar-refractivity contribution in [3.05, 3.63) is 0 Å². The van der Waals surface area contributed by atoms with E-state index < -0.39 is 11.9 Å². The van der Waals surface area contributed by atoms with Gasteiger partial charge in [0.25, 0.3) is 0 Å². The van der Waals surface area contributed by atoms with Gasteiger partial charge in [-0.05, 0) is 25.7 Å². The van der Waals surface area contributed by atoms with E-state index in [-0.39, 0.29) is 12.8 Å². The molecule has 6 heteroatoms. The van der Waals surface area contributed by atoms with Crippen molar-refractivity contribution in [2.75, 3.05) is 13.2 Å². The van der Waals surface area contributed by atoms with Crippen molar-refractivity contribution < 1.29 is 30.0 Å². The van der Waals surface area contributed by atoms with Crippen LogP contribution in [0.3, 0.4) is 0 Å². The third kappa shape index (κ3) is 31.2. The largest absolute Gasteiger partial charge is 0.481 e. The molecule has 6 nitrogen and oxygen atoms in total. The topological polar surface area (TPSA) is 115 Å². The fourth-order valence-corrected chi connectivity index (χ4v) is 2.37. The van der Waals surface area contributed by atoms with E-state index in [0.29, 0.717) is 13.2 Å². The molecular formula is C19H38O6. The summed E-state index contributed by atoms with van der Waals surface area (Å²) in [6.45, 7) is 0.660. The number of hydrogen-bond donors (Lipinski definition) is 4. The standard InChI is InChI=1S/C10H18O4.C9H20O2/c11-9(12)7-5-3-1-2-4-6-8-10(13)14;10-8-6-4-2-1-3-5-7-9-11/h1-8H2,(H,11,12)(H,13,14);10-11H,1-9H2. The van der Waals surface area contributed by atoms with Crippen molar-refractivity contribution >= 4 is 11.9 Å². The minimum Gasteiger partial charge on any atom is -0.481 e. The van der Waals surface area contributed by atoms with Crippen molar-refractivity contribution in [3.8, 4) is 0 Å². The predicted octanol–water partition coefficient (Wildman–Crippen LogP) is 3.98. The number of aliphatic hydroxyl groups excluding tert-OH is 2. The zero-order chi connectivity index (χ0) is 19.2. The summed E-state index contributed by atoms with van der Waals surface area (Å²) in [6, 6.07) is 0. The Labute approximate surface area is 152 Å². The Morgan fingerprint density at radius 3 is 0.920 bits per heavy atom. The molecule has 0 aromatic rings. The van der Waals surface area contributed by atoms with Gasteiger partial charge in [-0.2, -0.15) is 0 Å². The average Bonchev–Trinajstić information content (AvgIpc) is 2.56. The Hall–Kier alpha value is -1.14. The number of carboxylic acid groups (broad SMARTS) is 2. The lowest BCUT2D eigenvalue weighted by atomic mass is 10.1. The molecule has 4 N–H and O–H groups in total. The molecule has 0 aliphatic heterocycles. The first-order chi connectivity index (χ1) is 12.0. The van der Waals surface area contributed by atoms with Gasteiger partial charge in [0.2, 0.25) is 0 Å². The predicted molar refractivity (Wildman–Crippen MR) is 98.7 cm³/mol. The minimum absolute atomic E-state index is 0.245. The zero-order valence-corrected chi connectivity index (χ0v) is 15.6. The first-order valence-corrected chi connectivity index (χ1v) is 9.70. The van der Waals surface area contributed by atoms with Crippen LogP contribution >= 0.6 is 0 Å². The molecule has 0 aliphatic rings. The molecule has 0 aromatic carbocycles. The van der Waals surface area contributed by atoms with E-state index in [4.69, 9.17) is 20.4 Å². The fraction of sp³-hybridized carbons (Fsp3) is 0.895. The van der Waals surface area contributed by atoms with Gasteiger partial charge in [0.15, 0.2) is 0 Å². The van der Waals surface area contributed by atoms with Gasteiger partial charge >= 0.3 is 11.9 Å². The van der Waals surface area contributed by atoms with Crippen molar-refractivity contribution in [1.29, 1.82) is 0 Å². The molecule has 0 aliphatic carbocycles. The van der Waals surface area contributed by atoms with Gasteiger partial charge in [0.05, 0.1) is 0 Å². The third-order valence-corrected chi connectivity index (χ3v) is 3.85. The maximum atomic E-state index is 10.1. The molecule has 0 rings (SSSR count). The van der Waals surface area contributed by atoms with Crippen LogP contribution in [0.25, 0.3) is 0 Å². The maximum absolute atomic E-state index is 10.1. The monoisotopic (exact) mass is 362 g/mol. The number of carbonyl (C=O) groups is 2. The SMILES string of the molecule is O=C(O)CCCCCCCCC(=O)O.OCCCCCCCCCO. The number of aliphatic carboxylic acids is 2. The Morgan fingerprint density at radius 1 is 0.440 bits per heavy atom. The molecule has 0 aromatic heterocycles. The second-order valence-corrected chi connectivity index (χ2v) is 6.33. The van der Waals surface area contributed by atoms with Crippen LogP contribution in [0.15, 0.2) is 0 Å². The summed E-state index contributed by atoms with van der Waals surface area (Å²) >= 11 is 0. The Bertz CT molecular complexity index is 266. The summed E-state index contributed by atoms with van der Waals surface area (Å²) in [5.41, 5.74) is 0. The van der Waals surface area contributed by atoms with Crippen LogP contribution in [0.1, 0.15) is 96.3 Å². The molecule has 0 heterocycles. The highest BCUT2D eigenvalue weighted by Crippen LogP contribution is 2.08. The number of hydrogen-bond acceptors (Lipinski definition) is 4. The first-order valence-electron chi connectivity index (χ1n) is 9.70. The van der Waals surface area contributed by atoms with Gasteiger partial charge in [-0.15, -0.1) is 0 Å². The number of aliphatic hydroxyl groups is 2. The second-order valence-electron chi connectivity index (χ2n) is 6.33. The number of carboxylic acids is 2. The van der Waals surface area contributed by atoms with Gasteiger partial charge in [-0.1, -0.05) is 57.8 Å². The van der Waals surface area contributed by atoms with Crippen LogP contribution in [-0.4, -0.2) is 45.6 Å². The van der Waals surface area contributed by atoms with Crippen LogP contribution < -0.4 is 0 Å². The molecule has 0 fully saturated rings. The molecular weight excluding hydrogens is 324 g/mol. The molecule has 0 saturated heterocycles. The van der Waals surface area contributed by atoms with Crippen LogP contribution in [0, 0.1) is 0 Å². The van der Waals surface area contributed by atoms with Crippen LogP contribution in [0.5, 0.6) is 0 Å². The van der Waals surface area contributed by atoms with E-state index >= 15 is 0 Å². The lowest BCUT2D eigenvalue weighted by Gasteiger charge is -1.98. The highest BCUT2D eigenvalue weighted by molar-refractivity contribution is 5.66. The molecule has 0 atom stereocenters. The highest BCUT2D eigenvalue weighted by Gasteiger charge is 1.98. The van der Waals surface area contributed by atoms with Crippen molar-refractivity contribution in [2.24, 2.45) is 0 Å². The average molecular weight is 363 g/mol. The van der Waals surface area contributed by atoms with E-state index in [2.05, 4.69) is 0 Å². The summed E-state index contributed by atoms with van der Waals surface area (Å²) in [5, 5.41) is 33.6. The molecule has 25 heavy (non-hydrogen) atoms. The van der Waals surface area contributed by atoms with Crippen molar-refractivity contribution in [3.63, 3.8) is 0 Å². The molecule has 0 amide bonds. The zero-order valence-electron chi connectivity index (χ0n) is 15.6. The first kappa shape index (κ1) is 26.1. The van der Waals surface area contributed by atoms with E-state index in [1.54, 1.807) is 0 Å². The minimum atomic E-state index is -0.740. The van der Waals surface area contributed by atoms with Gasteiger partial charge in [0, 0.05) is 26.1 Å². The molecule has 0 spiro atoms. The quantitative estimate of drug-likeness (QED) is 0.291. The van der Waals surface area contributed by atoms with Gasteiger partial charge in [0.1, 0.15) is 0 Å². The van der Waals surface area contributed by atoms with Crippen molar-refractivity contribution in [2.45, 2.75) is 96.3 Å². The van der Waals surface area contributed by atoms with E-state index in [1.165, 1.54) is 19.3 Å². The maximum Gasteiger partial charge on any atom is 0.303 e. The Morgan fingerprint density at radius 2 is 0.680 bits per heavy atom. The number of rotatable bonds is 17.